The van der Waals surface area contributed by atoms with Gasteiger partial charge in [-0.2, -0.15) is 4.98 Å². The van der Waals surface area contributed by atoms with Gasteiger partial charge < -0.3 is 15.0 Å². The van der Waals surface area contributed by atoms with Gasteiger partial charge in [-0.05, 0) is 13.0 Å². The van der Waals surface area contributed by atoms with Gasteiger partial charge in [-0.3, -0.25) is 0 Å². The molecule has 0 atom stereocenters. The van der Waals surface area contributed by atoms with Crippen molar-refractivity contribution >= 4 is 0 Å². The number of nitrogens with two attached hydrogens (primary N) is 1. The molecule has 0 saturated carbocycles. The van der Waals surface area contributed by atoms with Crippen LogP contribution in [0, 0.1) is 6.92 Å². The highest BCUT2D eigenvalue weighted by molar-refractivity contribution is 5.55. The summed E-state index contributed by atoms with van der Waals surface area (Å²) in [6.07, 6.45) is 0. The van der Waals surface area contributed by atoms with Crippen LogP contribution >= 0.6 is 0 Å². The molecule has 2 rings (SSSR count). The minimum atomic E-state index is 0.302. The molecule has 1 aromatic carbocycles. The SMILES string of the molecule is Cc1cccc(-c2noc(COCCN)n2)c1. The van der Waals surface area contributed by atoms with E-state index in [1.807, 2.05) is 31.2 Å². The topological polar surface area (TPSA) is 74.2 Å². The Morgan fingerprint density at radius 2 is 2.29 bits per heavy atom. The molecule has 2 aromatic rings. The van der Waals surface area contributed by atoms with Crippen LogP contribution in [0.4, 0.5) is 0 Å². The van der Waals surface area contributed by atoms with Gasteiger partial charge in [0.05, 0.1) is 6.61 Å². The second-order valence-corrected chi connectivity index (χ2v) is 3.72. The fraction of sp³-hybridized carbons (Fsp3) is 0.333. The average Bonchev–Trinajstić information content (AvgIpc) is 2.78. The molecule has 2 N–H and O–H groups in total. The molecule has 1 heterocycles. The predicted molar refractivity (Wildman–Crippen MR) is 63.2 cm³/mol. The summed E-state index contributed by atoms with van der Waals surface area (Å²) in [4.78, 5) is 4.25. The predicted octanol–water partition coefficient (Wildman–Crippen LogP) is 1.52. The third kappa shape index (κ3) is 3.12. The van der Waals surface area contributed by atoms with E-state index in [9.17, 15) is 0 Å². The molecule has 5 nitrogen and oxygen atoms in total. The maximum Gasteiger partial charge on any atom is 0.252 e. The molecule has 0 fully saturated rings. The average molecular weight is 233 g/mol. The second kappa shape index (κ2) is 5.56. The van der Waals surface area contributed by atoms with E-state index < -0.39 is 0 Å². The van der Waals surface area contributed by atoms with E-state index in [4.69, 9.17) is 15.0 Å². The lowest BCUT2D eigenvalue weighted by atomic mass is 10.1. The van der Waals surface area contributed by atoms with Crippen molar-refractivity contribution in [2.45, 2.75) is 13.5 Å². The highest BCUT2D eigenvalue weighted by atomic mass is 16.5. The van der Waals surface area contributed by atoms with Crippen LogP contribution in [0.5, 0.6) is 0 Å². The molecular weight excluding hydrogens is 218 g/mol. The van der Waals surface area contributed by atoms with Crippen LogP contribution in [0.2, 0.25) is 0 Å². The van der Waals surface area contributed by atoms with E-state index in [2.05, 4.69) is 10.1 Å². The molecule has 90 valence electrons. The molecule has 0 bridgehead atoms. The van der Waals surface area contributed by atoms with Crippen molar-refractivity contribution in [1.29, 1.82) is 0 Å². The van der Waals surface area contributed by atoms with E-state index >= 15 is 0 Å². The first-order valence-corrected chi connectivity index (χ1v) is 5.47. The van der Waals surface area contributed by atoms with Crippen molar-refractivity contribution in [2.75, 3.05) is 13.2 Å². The zero-order valence-corrected chi connectivity index (χ0v) is 9.72. The number of hydrogen-bond donors (Lipinski definition) is 1. The summed E-state index contributed by atoms with van der Waals surface area (Å²) in [5.41, 5.74) is 7.42. The molecule has 0 amide bonds. The molecule has 0 aliphatic heterocycles. The molecule has 0 spiro atoms. The van der Waals surface area contributed by atoms with Crippen molar-refractivity contribution in [1.82, 2.24) is 10.1 Å². The molecular formula is C12H15N3O2. The summed E-state index contributed by atoms with van der Waals surface area (Å²) in [6, 6.07) is 7.94. The number of nitrogens with zero attached hydrogens (tertiary/aromatic N) is 2. The molecule has 5 heteroatoms. The summed E-state index contributed by atoms with van der Waals surface area (Å²) >= 11 is 0. The number of aryl methyl sites for hydroxylation is 1. The smallest absolute Gasteiger partial charge is 0.252 e. The fourth-order valence-electron chi connectivity index (χ4n) is 1.46. The first-order valence-electron chi connectivity index (χ1n) is 5.47. The highest BCUT2D eigenvalue weighted by Gasteiger charge is 2.08. The Morgan fingerprint density at radius 3 is 3.06 bits per heavy atom. The van der Waals surface area contributed by atoms with Crippen LogP contribution in [0.3, 0.4) is 0 Å². The van der Waals surface area contributed by atoms with Crippen molar-refractivity contribution < 1.29 is 9.26 Å². The first-order chi connectivity index (χ1) is 8.29. The summed E-state index contributed by atoms with van der Waals surface area (Å²) in [6.45, 7) is 3.30. The first kappa shape index (κ1) is 11.8. The maximum atomic E-state index is 5.31. The molecule has 0 radical (unpaired) electrons. The van der Waals surface area contributed by atoms with Crippen molar-refractivity contribution in [2.24, 2.45) is 5.73 Å². The molecule has 0 saturated heterocycles. The largest absolute Gasteiger partial charge is 0.370 e. The quantitative estimate of drug-likeness (QED) is 0.792. The molecule has 0 aliphatic rings. The maximum absolute atomic E-state index is 5.31. The van der Waals surface area contributed by atoms with Crippen molar-refractivity contribution in [3.63, 3.8) is 0 Å². The van der Waals surface area contributed by atoms with Gasteiger partial charge in [-0.15, -0.1) is 0 Å². The Balaban J connectivity index is 2.07. The Morgan fingerprint density at radius 1 is 1.41 bits per heavy atom. The molecule has 0 unspecified atom stereocenters. The van der Waals surface area contributed by atoms with E-state index in [1.54, 1.807) is 0 Å². The van der Waals surface area contributed by atoms with Crippen molar-refractivity contribution in [3.8, 4) is 11.4 Å². The Hall–Kier alpha value is -1.72. The standard InChI is InChI=1S/C12H15N3O2/c1-9-3-2-4-10(7-9)12-14-11(17-15-12)8-16-6-5-13/h2-4,7H,5-6,8,13H2,1H3. The minimum Gasteiger partial charge on any atom is -0.370 e. The molecule has 0 aliphatic carbocycles. The molecule has 17 heavy (non-hydrogen) atoms. The Kier molecular flexibility index (Phi) is 3.85. The van der Waals surface area contributed by atoms with Gasteiger partial charge in [0.2, 0.25) is 5.82 Å². The van der Waals surface area contributed by atoms with Gasteiger partial charge in [-0.25, -0.2) is 0 Å². The van der Waals surface area contributed by atoms with E-state index in [0.717, 1.165) is 11.1 Å². The van der Waals surface area contributed by atoms with Gasteiger partial charge >= 0.3 is 0 Å². The summed E-state index contributed by atoms with van der Waals surface area (Å²) in [7, 11) is 0. The van der Waals surface area contributed by atoms with Gasteiger partial charge in [0.1, 0.15) is 6.61 Å². The van der Waals surface area contributed by atoms with Crippen molar-refractivity contribution in [3.05, 3.63) is 35.7 Å². The zero-order valence-electron chi connectivity index (χ0n) is 9.72. The second-order valence-electron chi connectivity index (χ2n) is 3.72. The Bertz CT molecular complexity index is 482. The summed E-state index contributed by atoms with van der Waals surface area (Å²) < 4.78 is 10.3. The third-order valence-corrected chi connectivity index (χ3v) is 2.23. The fourth-order valence-corrected chi connectivity index (χ4v) is 1.46. The number of hydrogen-bond acceptors (Lipinski definition) is 5. The number of aromatic nitrogens is 2. The summed E-state index contributed by atoms with van der Waals surface area (Å²) in [5.74, 6) is 1.05. The number of rotatable bonds is 5. The van der Waals surface area contributed by atoms with Gasteiger partial charge in [0, 0.05) is 12.1 Å². The van der Waals surface area contributed by atoms with E-state index in [1.165, 1.54) is 0 Å². The zero-order chi connectivity index (χ0) is 12.1. The van der Waals surface area contributed by atoms with Crippen LogP contribution in [0.1, 0.15) is 11.5 Å². The number of ether oxygens (including phenoxy) is 1. The molecule has 1 aromatic heterocycles. The van der Waals surface area contributed by atoms with Gasteiger partial charge in [0.25, 0.3) is 5.89 Å². The Labute approximate surface area is 99.6 Å². The van der Waals surface area contributed by atoms with Crippen LogP contribution in [-0.2, 0) is 11.3 Å². The third-order valence-electron chi connectivity index (χ3n) is 2.23. The highest BCUT2D eigenvalue weighted by Crippen LogP contribution is 2.16. The lowest BCUT2D eigenvalue weighted by molar-refractivity contribution is 0.104. The van der Waals surface area contributed by atoms with E-state index in [0.29, 0.717) is 31.5 Å². The van der Waals surface area contributed by atoms with Crippen LogP contribution in [-0.4, -0.2) is 23.3 Å². The summed E-state index contributed by atoms with van der Waals surface area (Å²) in [5, 5.41) is 3.91. The number of benzene rings is 1. The van der Waals surface area contributed by atoms with Crippen LogP contribution in [0.15, 0.2) is 28.8 Å². The normalized spacial score (nSPS) is 10.7. The lowest BCUT2D eigenvalue weighted by Gasteiger charge is -1.96. The minimum absolute atomic E-state index is 0.302. The lowest BCUT2D eigenvalue weighted by Crippen LogP contribution is -2.08. The van der Waals surface area contributed by atoms with Crippen LogP contribution < -0.4 is 5.73 Å². The van der Waals surface area contributed by atoms with Gasteiger partial charge in [0.15, 0.2) is 0 Å². The van der Waals surface area contributed by atoms with E-state index in [-0.39, 0.29) is 0 Å². The van der Waals surface area contributed by atoms with Crippen LogP contribution in [0.25, 0.3) is 11.4 Å². The van der Waals surface area contributed by atoms with Gasteiger partial charge in [-0.1, -0.05) is 28.9 Å². The monoisotopic (exact) mass is 233 g/mol.